The Kier molecular flexibility index (Phi) is 4.18. The lowest BCUT2D eigenvalue weighted by Gasteiger charge is -2.32. The van der Waals surface area contributed by atoms with E-state index in [0.29, 0.717) is 12.1 Å². The predicted molar refractivity (Wildman–Crippen MR) is 72.8 cm³/mol. The Morgan fingerprint density at radius 3 is 2.37 bits per heavy atom. The van der Waals surface area contributed by atoms with Crippen molar-refractivity contribution in [1.29, 1.82) is 0 Å². The first kappa shape index (κ1) is 14.0. The van der Waals surface area contributed by atoms with Crippen molar-refractivity contribution >= 4 is 0 Å². The first-order valence-electron chi connectivity index (χ1n) is 6.41. The molecule has 0 radical (unpaired) electrons. The fourth-order valence-corrected chi connectivity index (χ4v) is 2.17. The van der Waals surface area contributed by atoms with Crippen LogP contribution < -0.4 is 16.7 Å². The molecule has 1 aromatic heterocycles. The van der Waals surface area contributed by atoms with Gasteiger partial charge in [-0.3, -0.25) is 14.8 Å². The summed E-state index contributed by atoms with van der Waals surface area (Å²) in [6.07, 6.45) is 1.60. The summed E-state index contributed by atoms with van der Waals surface area (Å²) in [5, 5.41) is 2.12. The molecule has 0 aliphatic carbocycles. The maximum absolute atomic E-state index is 11.9. The average molecular weight is 267 g/mol. The molecule has 0 atom stereocenters. The van der Waals surface area contributed by atoms with E-state index in [1.54, 1.807) is 13.2 Å². The van der Waals surface area contributed by atoms with Gasteiger partial charge in [-0.15, -0.1) is 0 Å². The molecule has 2 rings (SSSR count). The maximum atomic E-state index is 11.9. The Balaban J connectivity index is 2.04. The number of nitrogens with one attached hydrogen (secondary N) is 1. The lowest BCUT2D eigenvalue weighted by molar-refractivity contribution is 0.102. The molecule has 1 N–H and O–H groups in total. The van der Waals surface area contributed by atoms with Crippen molar-refractivity contribution in [2.45, 2.75) is 6.54 Å². The van der Waals surface area contributed by atoms with Gasteiger partial charge in [0, 0.05) is 58.6 Å². The normalized spacial score (nSPS) is 17.8. The van der Waals surface area contributed by atoms with Gasteiger partial charge in [0.15, 0.2) is 0 Å². The van der Waals surface area contributed by atoms with E-state index in [1.807, 2.05) is 0 Å². The van der Waals surface area contributed by atoms with E-state index in [9.17, 15) is 9.59 Å². The lowest BCUT2D eigenvalue weighted by Crippen LogP contribution is -2.51. The molecule has 0 spiro atoms. The van der Waals surface area contributed by atoms with Crippen molar-refractivity contribution in [1.82, 2.24) is 24.5 Å². The standard InChI is InChI=1S/C12H21N5O2/c1-14-4-6-17(7-5-14)13-8-10-9-15(2)12(19)16(3)11(10)18/h9,13H,4-8H2,1-3H3. The van der Waals surface area contributed by atoms with Crippen molar-refractivity contribution in [2.75, 3.05) is 33.2 Å². The summed E-state index contributed by atoms with van der Waals surface area (Å²) in [7, 11) is 5.26. The zero-order valence-electron chi connectivity index (χ0n) is 11.7. The summed E-state index contributed by atoms with van der Waals surface area (Å²) in [6.45, 7) is 4.34. The number of nitrogens with zero attached hydrogens (tertiary/aromatic N) is 4. The smallest absolute Gasteiger partial charge is 0.304 e. The van der Waals surface area contributed by atoms with Gasteiger partial charge in [-0.1, -0.05) is 0 Å². The van der Waals surface area contributed by atoms with Gasteiger partial charge in [0.1, 0.15) is 0 Å². The Morgan fingerprint density at radius 1 is 1.11 bits per heavy atom. The molecule has 0 unspecified atom stereocenters. The maximum Gasteiger partial charge on any atom is 0.330 e. The molecule has 7 nitrogen and oxygen atoms in total. The molecule has 106 valence electrons. The van der Waals surface area contributed by atoms with Crippen molar-refractivity contribution < 1.29 is 0 Å². The number of hydrogen-bond donors (Lipinski definition) is 1. The molecule has 2 heterocycles. The van der Waals surface area contributed by atoms with E-state index in [1.165, 1.54) is 11.6 Å². The van der Waals surface area contributed by atoms with Gasteiger partial charge >= 0.3 is 5.69 Å². The van der Waals surface area contributed by atoms with Crippen LogP contribution in [0.2, 0.25) is 0 Å². The predicted octanol–water partition coefficient (Wildman–Crippen LogP) is -1.66. The quantitative estimate of drug-likeness (QED) is 0.710. The second kappa shape index (κ2) is 5.68. The fourth-order valence-electron chi connectivity index (χ4n) is 2.17. The Bertz CT molecular complexity index is 554. The second-order valence-corrected chi connectivity index (χ2v) is 5.04. The molecular weight excluding hydrogens is 246 g/mol. The van der Waals surface area contributed by atoms with Crippen LogP contribution in [-0.4, -0.2) is 52.3 Å². The third-order valence-electron chi connectivity index (χ3n) is 3.51. The Morgan fingerprint density at radius 2 is 1.74 bits per heavy atom. The van der Waals surface area contributed by atoms with Crippen molar-refractivity contribution in [3.05, 3.63) is 32.6 Å². The van der Waals surface area contributed by atoms with Crippen LogP contribution in [0.15, 0.2) is 15.8 Å². The van der Waals surface area contributed by atoms with E-state index in [4.69, 9.17) is 0 Å². The SMILES string of the molecule is CN1CCN(NCc2cn(C)c(=O)n(C)c2=O)CC1. The fraction of sp³-hybridized carbons (Fsp3) is 0.667. The van der Waals surface area contributed by atoms with Crippen LogP contribution in [0.3, 0.4) is 0 Å². The van der Waals surface area contributed by atoms with Gasteiger partial charge in [-0.2, -0.15) is 0 Å². The number of aryl methyl sites for hydroxylation is 1. The van der Waals surface area contributed by atoms with Gasteiger partial charge in [-0.05, 0) is 7.05 Å². The highest BCUT2D eigenvalue weighted by molar-refractivity contribution is 5.04. The Labute approximate surface area is 112 Å². The van der Waals surface area contributed by atoms with Crippen LogP contribution >= 0.6 is 0 Å². The van der Waals surface area contributed by atoms with E-state index in [2.05, 4.69) is 22.4 Å². The van der Waals surface area contributed by atoms with E-state index < -0.39 is 0 Å². The molecule has 0 bridgehead atoms. The molecule has 1 fully saturated rings. The van der Waals surface area contributed by atoms with Gasteiger partial charge < -0.3 is 9.47 Å². The summed E-state index contributed by atoms with van der Waals surface area (Å²) in [5.41, 5.74) is 3.32. The molecule has 1 aliphatic rings. The summed E-state index contributed by atoms with van der Waals surface area (Å²) in [6, 6.07) is 0. The van der Waals surface area contributed by atoms with Gasteiger partial charge in [0.2, 0.25) is 0 Å². The lowest BCUT2D eigenvalue weighted by atomic mass is 10.3. The summed E-state index contributed by atoms with van der Waals surface area (Å²) in [5.74, 6) is 0. The van der Waals surface area contributed by atoms with E-state index >= 15 is 0 Å². The molecule has 19 heavy (non-hydrogen) atoms. The summed E-state index contributed by atoms with van der Waals surface area (Å²) in [4.78, 5) is 25.8. The third-order valence-corrected chi connectivity index (χ3v) is 3.51. The molecule has 1 aromatic rings. The van der Waals surface area contributed by atoms with Gasteiger partial charge in [0.05, 0.1) is 0 Å². The van der Waals surface area contributed by atoms with Crippen LogP contribution in [0.4, 0.5) is 0 Å². The number of likely N-dealkylation sites (N-methyl/N-ethyl adjacent to an activating group) is 1. The van der Waals surface area contributed by atoms with Crippen LogP contribution in [0.5, 0.6) is 0 Å². The number of hydrazine groups is 1. The van der Waals surface area contributed by atoms with Crippen LogP contribution in [-0.2, 0) is 20.6 Å². The zero-order chi connectivity index (χ0) is 14.0. The minimum Gasteiger partial charge on any atom is -0.304 e. The number of aromatic nitrogens is 2. The van der Waals surface area contributed by atoms with Gasteiger partial charge in [-0.25, -0.2) is 9.80 Å². The van der Waals surface area contributed by atoms with Crippen molar-refractivity contribution in [3.8, 4) is 0 Å². The topological polar surface area (TPSA) is 62.5 Å². The molecule has 0 amide bonds. The minimum atomic E-state index is -0.298. The third kappa shape index (κ3) is 3.12. The minimum absolute atomic E-state index is 0.232. The number of hydrogen-bond acceptors (Lipinski definition) is 5. The molecule has 0 saturated carbocycles. The van der Waals surface area contributed by atoms with Crippen LogP contribution in [0.1, 0.15) is 5.56 Å². The monoisotopic (exact) mass is 267 g/mol. The highest BCUT2D eigenvalue weighted by Gasteiger charge is 2.14. The molecule has 1 aliphatic heterocycles. The van der Waals surface area contributed by atoms with Crippen LogP contribution in [0, 0.1) is 0 Å². The summed E-state index contributed by atoms with van der Waals surface area (Å²) < 4.78 is 2.57. The van der Waals surface area contributed by atoms with Crippen molar-refractivity contribution in [2.24, 2.45) is 14.1 Å². The first-order chi connectivity index (χ1) is 8.99. The molecule has 7 heteroatoms. The van der Waals surface area contributed by atoms with E-state index in [-0.39, 0.29) is 11.2 Å². The highest BCUT2D eigenvalue weighted by Crippen LogP contribution is 1.96. The zero-order valence-corrected chi connectivity index (χ0v) is 11.7. The average Bonchev–Trinajstić information content (AvgIpc) is 2.41. The Hall–Kier alpha value is -1.44. The summed E-state index contributed by atoms with van der Waals surface area (Å²) >= 11 is 0. The van der Waals surface area contributed by atoms with Gasteiger partial charge in [0.25, 0.3) is 5.56 Å². The molecule has 0 aromatic carbocycles. The number of piperazine rings is 1. The second-order valence-electron chi connectivity index (χ2n) is 5.04. The molecule has 1 saturated heterocycles. The van der Waals surface area contributed by atoms with Crippen molar-refractivity contribution in [3.63, 3.8) is 0 Å². The van der Waals surface area contributed by atoms with Crippen LogP contribution in [0.25, 0.3) is 0 Å². The number of rotatable bonds is 3. The highest BCUT2D eigenvalue weighted by atomic mass is 16.2. The first-order valence-corrected chi connectivity index (χ1v) is 6.41. The largest absolute Gasteiger partial charge is 0.330 e. The molecular formula is C12H21N5O2. The van der Waals surface area contributed by atoms with E-state index in [0.717, 1.165) is 30.7 Å².